The maximum Gasteiger partial charge on any atom is 0.307 e. The third kappa shape index (κ3) is 3.31. The Hall–Kier alpha value is -2.21. The number of piperidine rings is 1. The van der Waals surface area contributed by atoms with Gasteiger partial charge in [0.15, 0.2) is 5.82 Å². The number of rotatable bonds is 5. The van der Waals surface area contributed by atoms with E-state index in [1.54, 1.807) is 0 Å². The van der Waals surface area contributed by atoms with Crippen molar-refractivity contribution >= 4 is 5.97 Å². The first-order chi connectivity index (χ1) is 12.1. The van der Waals surface area contributed by atoms with Crippen molar-refractivity contribution in [2.45, 2.75) is 63.6 Å². The highest BCUT2D eigenvalue weighted by Gasteiger charge is 2.42. The van der Waals surface area contributed by atoms with E-state index >= 15 is 0 Å². The summed E-state index contributed by atoms with van der Waals surface area (Å²) in [6, 6.07) is 8.94. The topological polar surface area (TPSA) is 79.5 Å². The summed E-state index contributed by atoms with van der Waals surface area (Å²) in [5.74, 6) is 1.08. The van der Waals surface area contributed by atoms with Gasteiger partial charge in [-0.1, -0.05) is 29.4 Å². The molecular formula is C19H23N3O3. The normalized spacial score (nSPS) is 26.0. The molecule has 0 spiro atoms. The number of carboxylic acids is 1. The first-order valence-electron chi connectivity index (χ1n) is 8.94. The van der Waals surface area contributed by atoms with Gasteiger partial charge in [0.1, 0.15) is 0 Å². The van der Waals surface area contributed by atoms with Gasteiger partial charge in [-0.2, -0.15) is 4.98 Å². The zero-order valence-electron chi connectivity index (χ0n) is 14.4. The van der Waals surface area contributed by atoms with Crippen LogP contribution in [0.1, 0.15) is 54.4 Å². The summed E-state index contributed by atoms with van der Waals surface area (Å²) in [5.41, 5.74) is 2.06. The van der Waals surface area contributed by atoms with Crippen LogP contribution in [0, 0.1) is 6.92 Å². The minimum atomic E-state index is -0.776. The molecule has 2 fully saturated rings. The van der Waals surface area contributed by atoms with Crippen molar-refractivity contribution in [1.29, 1.82) is 0 Å². The minimum absolute atomic E-state index is 0.0874. The zero-order chi connectivity index (χ0) is 17.4. The lowest BCUT2D eigenvalue weighted by molar-refractivity contribution is -0.136. The summed E-state index contributed by atoms with van der Waals surface area (Å²) in [6.45, 7) is 2.66. The van der Waals surface area contributed by atoms with Crippen LogP contribution in [0.2, 0.25) is 0 Å². The number of hydrogen-bond acceptors (Lipinski definition) is 5. The summed E-state index contributed by atoms with van der Waals surface area (Å²) >= 11 is 0. The van der Waals surface area contributed by atoms with Crippen molar-refractivity contribution in [2.24, 2.45) is 0 Å². The van der Waals surface area contributed by atoms with Crippen LogP contribution in [-0.2, 0) is 17.8 Å². The molecule has 0 amide bonds. The number of nitrogens with zero attached hydrogens (tertiary/aromatic N) is 3. The Labute approximate surface area is 146 Å². The van der Waals surface area contributed by atoms with E-state index < -0.39 is 5.97 Å². The standard InChI is InChI=1S/C19H23N3O3/c1-12-20-19(21-25-12)15-8-16-6-7-17(9-15)22(16)11-14-5-3-2-4-13(14)10-18(23)24/h2-5,15-17H,6-11H2,1H3,(H,23,24). The Morgan fingerprint density at radius 2 is 1.92 bits per heavy atom. The monoisotopic (exact) mass is 341 g/mol. The minimum Gasteiger partial charge on any atom is -0.481 e. The number of carboxylic acid groups (broad SMARTS) is 1. The van der Waals surface area contributed by atoms with E-state index in [1.165, 1.54) is 12.8 Å². The fourth-order valence-corrected chi connectivity index (χ4v) is 4.47. The van der Waals surface area contributed by atoms with Gasteiger partial charge in [0.2, 0.25) is 5.89 Å². The van der Waals surface area contributed by atoms with Gasteiger partial charge in [-0.05, 0) is 36.8 Å². The van der Waals surface area contributed by atoms with Crippen LogP contribution in [-0.4, -0.2) is 38.2 Å². The summed E-state index contributed by atoms with van der Waals surface area (Å²) in [7, 11) is 0. The first-order valence-corrected chi connectivity index (χ1v) is 8.94. The molecule has 4 rings (SSSR count). The molecule has 0 aliphatic carbocycles. The van der Waals surface area contributed by atoms with Crippen molar-refractivity contribution in [3.8, 4) is 0 Å². The zero-order valence-corrected chi connectivity index (χ0v) is 14.4. The van der Waals surface area contributed by atoms with E-state index in [9.17, 15) is 4.79 Å². The number of aliphatic carboxylic acids is 1. The largest absolute Gasteiger partial charge is 0.481 e. The maximum atomic E-state index is 11.1. The fraction of sp³-hybridized carbons (Fsp3) is 0.526. The van der Waals surface area contributed by atoms with Gasteiger partial charge in [-0.25, -0.2) is 0 Å². The SMILES string of the molecule is Cc1nc(C2CC3CCC(C2)N3Cc2ccccc2CC(=O)O)no1. The van der Waals surface area contributed by atoms with Crippen LogP contribution in [0.5, 0.6) is 0 Å². The second-order valence-corrected chi connectivity index (χ2v) is 7.24. The van der Waals surface area contributed by atoms with E-state index in [-0.39, 0.29) is 6.42 Å². The smallest absolute Gasteiger partial charge is 0.307 e. The highest BCUT2D eigenvalue weighted by molar-refractivity contribution is 5.70. The van der Waals surface area contributed by atoms with Crippen LogP contribution in [0.15, 0.2) is 28.8 Å². The molecule has 1 aromatic heterocycles. The third-order valence-electron chi connectivity index (χ3n) is 5.61. The molecule has 132 valence electrons. The van der Waals surface area contributed by atoms with Crippen molar-refractivity contribution in [3.63, 3.8) is 0 Å². The van der Waals surface area contributed by atoms with Crippen molar-refractivity contribution in [2.75, 3.05) is 0 Å². The molecular weight excluding hydrogens is 318 g/mol. The average Bonchev–Trinajstić information content (AvgIpc) is 3.09. The fourth-order valence-electron chi connectivity index (χ4n) is 4.47. The second kappa shape index (κ2) is 6.59. The van der Waals surface area contributed by atoms with Gasteiger partial charge < -0.3 is 9.63 Å². The molecule has 1 aromatic carbocycles. The first kappa shape index (κ1) is 16.3. The average molecular weight is 341 g/mol. The third-order valence-corrected chi connectivity index (χ3v) is 5.61. The molecule has 0 saturated carbocycles. The molecule has 6 heteroatoms. The molecule has 1 N–H and O–H groups in total. The molecule has 2 bridgehead atoms. The molecule has 0 radical (unpaired) electrons. The van der Waals surface area contributed by atoms with E-state index in [4.69, 9.17) is 9.63 Å². The predicted octanol–water partition coefficient (Wildman–Crippen LogP) is 2.92. The molecule has 2 aliphatic rings. The number of hydrogen-bond donors (Lipinski definition) is 1. The van der Waals surface area contributed by atoms with Crippen LogP contribution in [0.4, 0.5) is 0 Å². The molecule has 2 saturated heterocycles. The van der Waals surface area contributed by atoms with Crippen molar-refractivity contribution in [1.82, 2.24) is 15.0 Å². The molecule has 2 aliphatic heterocycles. The Kier molecular flexibility index (Phi) is 4.29. The van der Waals surface area contributed by atoms with E-state index in [1.807, 2.05) is 25.1 Å². The highest BCUT2D eigenvalue weighted by Crippen LogP contribution is 2.43. The number of benzene rings is 1. The lowest BCUT2D eigenvalue weighted by Gasteiger charge is -2.38. The number of aryl methyl sites for hydroxylation is 1. The Morgan fingerprint density at radius 3 is 2.52 bits per heavy atom. The lowest BCUT2D eigenvalue weighted by Crippen LogP contribution is -2.42. The Morgan fingerprint density at radius 1 is 1.24 bits per heavy atom. The van der Waals surface area contributed by atoms with E-state index in [0.717, 1.165) is 36.3 Å². The van der Waals surface area contributed by atoms with Crippen molar-refractivity contribution in [3.05, 3.63) is 47.1 Å². The molecule has 2 aromatic rings. The number of carbonyl (C=O) groups is 1. The molecule has 3 heterocycles. The predicted molar refractivity (Wildman–Crippen MR) is 91.1 cm³/mol. The van der Waals surface area contributed by atoms with Gasteiger partial charge in [0.05, 0.1) is 6.42 Å². The Bertz CT molecular complexity index is 759. The van der Waals surface area contributed by atoms with E-state index in [2.05, 4.69) is 21.1 Å². The van der Waals surface area contributed by atoms with Gasteiger partial charge in [0, 0.05) is 31.5 Å². The van der Waals surface area contributed by atoms with Gasteiger partial charge >= 0.3 is 5.97 Å². The highest BCUT2D eigenvalue weighted by atomic mass is 16.5. The van der Waals surface area contributed by atoms with E-state index in [0.29, 0.717) is 23.9 Å². The summed E-state index contributed by atoms with van der Waals surface area (Å²) < 4.78 is 5.15. The number of aromatic nitrogens is 2. The van der Waals surface area contributed by atoms with Crippen LogP contribution in [0.25, 0.3) is 0 Å². The van der Waals surface area contributed by atoms with Gasteiger partial charge in [0.25, 0.3) is 0 Å². The molecule has 2 unspecified atom stereocenters. The quantitative estimate of drug-likeness (QED) is 0.901. The van der Waals surface area contributed by atoms with Gasteiger partial charge in [-0.15, -0.1) is 0 Å². The molecule has 25 heavy (non-hydrogen) atoms. The second-order valence-electron chi connectivity index (χ2n) is 7.24. The molecule has 6 nitrogen and oxygen atoms in total. The Balaban J connectivity index is 1.49. The summed E-state index contributed by atoms with van der Waals surface area (Å²) in [6.07, 6.45) is 4.58. The van der Waals surface area contributed by atoms with Crippen LogP contribution in [0.3, 0.4) is 0 Å². The number of fused-ring (bicyclic) bond motifs is 2. The summed E-state index contributed by atoms with van der Waals surface area (Å²) in [4.78, 5) is 18.1. The maximum absolute atomic E-state index is 11.1. The lowest BCUT2D eigenvalue weighted by atomic mass is 9.89. The molecule has 2 atom stereocenters. The van der Waals surface area contributed by atoms with Crippen LogP contribution < -0.4 is 0 Å². The summed E-state index contributed by atoms with van der Waals surface area (Å²) in [5, 5.41) is 13.3. The van der Waals surface area contributed by atoms with Gasteiger partial charge in [-0.3, -0.25) is 9.69 Å². The van der Waals surface area contributed by atoms with Crippen molar-refractivity contribution < 1.29 is 14.4 Å². The van der Waals surface area contributed by atoms with Crippen LogP contribution >= 0.6 is 0 Å².